The lowest BCUT2D eigenvalue weighted by Gasteiger charge is -2.43. The molecule has 1 spiro atoms. The minimum Gasteiger partial charge on any atom is -0.388 e. The van der Waals surface area contributed by atoms with Crippen molar-refractivity contribution in [3.05, 3.63) is 21.4 Å². The molecule has 25 heavy (non-hydrogen) atoms. The monoisotopic (exact) mass is 368 g/mol. The molecule has 2 atom stereocenters. The number of piperidine rings is 1. The van der Waals surface area contributed by atoms with Gasteiger partial charge in [-0.05, 0) is 37.4 Å². The molecule has 0 unspecified atom stereocenters. The van der Waals surface area contributed by atoms with Gasteiger partial charge in [-0.25, -0.2) is 4.39 Å². The van der Waals surface area contributed by atoms with E-state index in [0.717, 1.165) is 38.9 Å². The van der Waals surface area contributed by atoms with Gasteiger partial charge in [-0.2, -0.15) is 0 Å². The van der Waals surface area contributed by atoms with E-state index in [-0.39, 0.29) is 24.6 Å². The Morgan fingerprint density at radius 2 is 2.20 bits per heavy atom. The summed E-state index contributed by atoms with van der Waals surface area (Å²) in [6, 6.07) is 1.97. The van der Waals surface area contributed by atoms with E-state index in [0.29, 0.717) is 11.5 Å². The topological polar surface area (TPSA) is 53.0 Å². The molecule has 0 aliphatic carbocycles. The third-order valence-electron chi connectivity index (χ3n) is 5.80. The number of alkyl halides is 1. The highest BCUT2D eigenvalue weighted by atomic mass is 32.1. The highest BCUT2D eigenvalue weighted by Crippen LogP contribution is 2.45. The van der Waals surface area contributed by atoms with Gasteiger partial charge in [-0.3, -0.25) is 4.79 Å². The van der Waals surface area contributed by atoms with Crippen LogP contribution in [0.5, 0.6) is 0 Å². The van der Waals surface area contributed by atoms with Gasteiger partial charge in [-0.1, -0.05) is 6.92 Å². The lowest BCUT2D eigenvalue weighted by Crippen LogP contribution is -2.45. The number of hydrogen-bond acceptors (Lipinski definition) is 5. The van der Waals surface area contributed by atoms with E-state index in [1.165, 1.54) is 26.7 Å². The van der Waals surface area contributed by atoms with Crippen molar-refractivity contribution in [3.63, 3.8) is 0 Å². The fraction of sp³-hybridized carbons (Fsp3) is 0.722. The number of fused-ring (bicyclic) bond motifs is 2. The minimum absolute atomic E-state index is 0.0182. The van der Waals surface area contributed by atoms with Crippen molar-refractivity contribution in [2.45, 2.75) is 44.1 Å². The van der Waals surface area contributed by atoms with Crippen LogP contribution in [0.25, 0.3) is 0 Å². The zero-order chi connectivity index (χ0) is 17.6. The number of amides is 1. The Balaban J connectivity index is 1.57. The van der Waals surface area contributed by atoms with Crippen LogP contribution in [0.15, 0.2) is 6.07 Å². The summed E-state index contributed by atoms with van der Waals surface area (Å²) < 4.78 is 19.8. The van der Waals surface area contributed by atoms with Gasteiger partial charge in [0.15, 0.2) is 0 Å². The Morgan fingerprint density at radius 1 is 1.44 bits per heavy atom. The van der Waals surface area contributed by atoms with Crippen LogP contribution in [0.4, 0.5) is 4.39 Å². The molecular weight excluding hydrogens is 343 g/mol. The van der Waals surface area contributed by atoms with E-state index < -0.39 is 12.3 Å². The van der Waals surface area contributed by atoms with Crippen LogP contribution in [0.3, 0.4) is 0 Å². The van der Waals surface area contributed by atoms with Crippen molar-refractivity contribution in [1.82, 2.24) is 9.80 Å². The number of likely N-dealkylation sites (tertiary alicyclic amines) is 2. The third kappa shape index (κ3) is 3.01. The van der Waals surface area contributed by atoms with Gasteiger partial charge in [0.2, 0.25) is 0 Å². The van der Waals surface area contributed by atoms with E-state index in [9.17, 15) is 14.3 Å². The van der Waals surface area contributed by atoms with Gasteiger partial charge in [0, 0.05) is 24.5 Å². The Kier molecular flexibility index (Phi) is 4.60. The number of halogens is 1. The van der Waals surface area contributed by atoms with Crippen LogP contribution < -0.4 is 0 Å². The van der Waals surface area contributed by atoms with Crippen molar-refractivity contribution < 1.29 is 19.0 Å². The van der Waals surface area contributed by atoms with Gasteiger partial charge in [-0.15, -0.1) is 11.3 Å². The molecule has 1 N–H and O–H groups in total. The largest absolute Gasteiger partial charge is 0.388 e. The molecule has 3 aliphatic heterocycles. The van der Waals surface area contributed by atoms with Crippen LogP contribution in [0.1, 0.15) is 39.9 Å². The predicted molar refractivity (Wildman–Crippen MR) is 93.8 cm³/mol. The van der Waals surface area contributed by atoms with Crippen molar-refractivity contribution >= 4 is 17.2 Å². The van der Waals surface area contributed by atoms with Crippen LogP contribution in [0.2, 0.25) is 0 Å². The zero-order valence-electron chi connectivity index (χ0n) is 14.5. The van der Waals surface area contributed by atoms with Crippen molar-refractivity contribution in [3.8, 4) is 0 Å². The van der Waals surface area contributed by atoms with Gasteiger partial charge in [0.1, 0.15) is 17.9 Å². The average molecular weight is 368 g/mol. The minimum atomic E-state index is -1.34. The number of ether oxygens (including phenoxy) is 1. The molecule has 4 heterocycles. The van der Waals surface area contributed by atoms with Gasteiger partial charge in [0.05, 0.1) is 18.0 Å². The maximum Gasteiger partial charge on any atom is 0.264 e. The lowest BCUT2D eigenvalue weighted by molar-refractivity contribution is -0.0944. The first-order valence-electron chi connectivity index (χ1n) is 9.13. The number of nitrogens with zero attached hydrogens (tertiary/aromatic N) is 2. The van der Waals surface area contributed by atoms with E-state index in [4.69, 9.17) is 4.74 Å². The molecule has 7 heteroatoms. The number of thiophene rings is 1. The maximum atomic E-state index is 13.6. The number of aliphatic hydroxyl groups excluding tert-OH is 1. The number of rotatable bonds is 2. The summed E-state index contributed by atoms with van der Waals surface area (Å²) in [5, 5.41) is 9.58. The average Bonchev–Trinajstić information content (AvgIpc) is 3.20. The highest BCUT2D eigenvalue weighted by molar-refractivity contribution is 7.14. The molecule has 1 aromatic heterocycles. The fourth-order valence-electron chi connectivity index (χ4n) is 4.20. The summed E-state index contributed by atoms with van der Waals surface area (Å²) in [5.74, 6) is -0.167. The third-order valence-corrected chi connectivity index (χ3v) is 7.15. The number of hydrogen-bond donors (Lipinski definition) is 1. The zero-order valence-corrected chi connectivity index (χ0v) is 15.4. The second kappa shape index (κ2) is 6.61. The SMILES string of the molecule is CCN1CCC2(CC1)OCCc1cc(C(=O)N3C[C@@H](O)[C@H](F)C3)sc12. The summed E-state index contributed by atoms with van der Waals surface area (Å²) in [6.07, 6.45) is 0.332. The molecule has 3 aliphatic rings. The van der Waals surface area contributed by atoms with E-state index in [1.807, 2.05) is 6.07 Å². The van der Waals surface area contributed by atoms with E-state index in [2.05, 4.69) is 11.8 Å². The van der Waals surface area contributed by atoms with Gasteiger partial charge >= 0.3 is 0 Å². The van der Waals surface area contributed by atoms with Crippen molar-refractivity contribution in [2.75, 3.05) is 39.3 Å². The predicted octanol–water partition coefficient (Wildman–Crippen LogP) is 1.79. The van der Waals surface area contributed by atoms with Gasteiger partial charge in [0.25, 0.3) is 5.91 Å². The number of aliphatic hydroxyl groups is 1. The molecule has 2 fully saturated rings. The van der Waals surface area contributed by atoms with Crippen molar-refractivity contribution in [1.29, 1.82) is 0 Å². The quantitative estimate of drug-likeness (QED) is 0.865. The molecule has 1 aromatic rings. The van der Waals surface area contributed by atoms with Crippen LogP contribution >= 0.6 is 11.3 Å². The lowest BCUT2D eigenvalue weighted by atomic mass is 9.85. The molecule has 5 nitrogen and oxygen atoms in total. The van der Waals surface area contributed by atoms with E-state index in [1.54, 1.807) is 0 Å². The first kappa shape index (κ1) is 17.4. The van der Waals surface area contributed by atoms with Crippen LogP contribution in [-0.2, 0) is 16.8 Å². The maximum absolute atomic E-state index is 13.6. The Labute approximate surface area is 151 Å². The number of carbonyl (C=O) groups is 1. The van der Waals surface area contributed by atoms with Crippen LogP contribution in [-0.4, -0.2) is 72.4 Å². The summed E-state index contributed by atoms with van der Waals surface area (Å²) >= 11 is 1.51. The number of carbonyl (C=O) groups excluding carboxylic acids is 1. The molecule has 2 saturated heterocycles. The van der Waals surface area contributed by atoms with Crippen LogP contribution in [0, 0.1) is 0 Å². The number of β-amino-alcohol motifs (C(OH)–C–C–N with tert-alkyl or cyclic N) is 1. The summed E-state index contributed by atoms with van der Waals surface area (Å²) in [7, 11) is 0. The Bertz CT molecular complexity index is 647. The molecule has 0 radical (unpaired) electrons. The summed E-state index contributed by atoms with van der Waals surface area (Å²) in [6.45, 7) is 6.01. The normalized spacial score (nSPS) is 29.2. The molecular formula is C18H25FN2O3S. The smallest absolute Gasteiger partial charge is 0.264 e. The Morgan fingerprint density at radius 3 is 2.84 bits per heavy atom. The standard InChI is InChI=1S/C18H25FN2O3S/c1-2-20-6-4-18(5-7-20)16-12(3-8-24-18)9-15(25-16)17(23)21-10-13(19)14(22)11-21/h9,13-14,22H,2-8,10-11H2,1H3/t13-,14-/m1/s1. The summed E-state index contributed by atoms with van der Waals surface area (Å²) in [5.41, 5.74) is 0.955. The highest BCUT2D eigenvalue weighted by Gasteiger charge is 2.43. The van der Waals surface area contributed by atoms with Crippen molar-refractivity contribution in [2.24, 2.45) is 0 Å². The Hall–Kier alpha value is -1.02. The second-order valence-corrected chi connectivity index (χ2v) is 8.34. The molecule has 0 aromatic carbocycles. The molecule has 0 bridgehead atoms. The molecule has 0 saturated carbocycles. The fourth-order valence-corrected chi connectivity index (χ4v) is 5.58. The molecule has 4 rings (SSSR count). The first-order chi connectivity index (χ1) is 12.0. The van der Waals surface area contributed by atoms with E-state index >= 15 is 0 Å². The molecule has 138 valence electrons. The second-order valence-electron chi connectivity index (χ2n) is 7.29. The van der Waals surface area contributed by atoms with Gasteiger partial charge < -0.3 is 19.6 Å². The molecule has 1 amide bonds. The summed E-state index contributed by atoms with van der Waals surface area (Å²) in [4.78, 5) is 18.4. The first-order valence-corrected chi connectivity index (χ1v) is 9.95.